The number of carbonyl (C=O) groups is 2. The molecular weight excluding hydrogens is 204 g/mol. The number of nitrogens with one attached hydrogen (secondary N) is 1. The third-order valence-electron chi connectivity index (χ3n) is 3.44. The van der Waals surface area contributed by atoms with Crippen molar-refractivity contribution in [1.29, 1.82) is 5.26 Å². The Balaban J connectivity index is 2.94. The van der Waals surface area contributed by atoms with Crippen LogP contribution in [0.3, 0.4) is 0 Å². The van der Waals surface area contributed by atoms with Crippen LogP contribution in [0, 0.1) is 16.7 Å². The molecule has 0 radical (unpaired) electrons. The number of nitrogens with zero attached hydrogens (tertiary/aromatic N) is 1. The van der Waals surface area contributed by atoms with Crippen LogP contribution in [0.4, 0.5) is 0 Å². The van der Waals surface area contributed by atoms with Crippen LogP contribution in [0.5, 0.6) is 0 Å². The Bertz CT molecular complexity index is 347. The third kappa shape index (κ3) is 2.00. The van der Waals surface area contributed by atoms with Crippen molar-refractivity contribution in [2.45, 2.75) is 45.6 Å². The lowest BCUT2D eigenvalue weighted by atomic mass is 9.78. The molecule has 0 aromatic heterocycles. The Morgan fingerprint density at radius 2 is 2.12 bits per heavy atom. The summed E-state index contributed by atoms with van der Waals surface area (Å²) in [5, 5.41) is 12.0. The normalized spacial score (nSPS) is 25.1. The molecule has 1 saturated heterocycles. The Morgan fingerprint density at radius 1 is 1.50 bits per heavy atom. The van der Waals surface area contributed by atoms with Gasteiger partial charge in [-0.3, -0.25) is 14.9 Å². The molecule has 0 aliphatic carbocycles. The van der Waals surface area contributed by atoms with Crippen molar-refractivity contribution >= 4 is 11.6 Å². The molecule has 1 fully saturated rings. The minimum absolute atomic E-state index is 0.438. The van der Waals surface area contributed by atoms with E-state index in [1.165, 1.54) is 0 Å². The van der Waals surface area contributed by atoms with E-state index in [1.807, 2.05) is 13.0 Å². The molecule has 0 amide bonds. The predicted octanol–water partition coefficient (Wildman–Crippen LogP) is 1.21. The zero-order valence-corrected chi connectivity index (χ0v) is 10.1. The maximum Gasteiger partial charge on any atom is 0.233 e. The van der Waals surface area contributed by atoms with Gasteiger partial charge in [-0.1, -0.05) is 20.8 Å². The average Bonchev–Trinajstić information content (AvgIpc) is 2.76. The molecule has 4 heteroatoms. The molecule has 88 valence electrons. The van der Waals surface area contributed by atoms with E-state index >= 15 is 0 Å². The average molecular weight is 222 g/mol. The maximum atomic E-state index is 12.1. The fourth-order valence-corrected chi connectivity index (χ4v) is 1.75. The fourth-order valence-electron chi connectivity index (χ4n) is 1.75. The Labute approximate surface area is 96.0 Å². The van der Waals surface area contributed by atoms with Crippen LogP contribution in [-0.2, 0) is 9.59 Å². The molecule has 1 N–H and O–H groups in total. The summed E-state index contributed by atoms with van der Waals surface area (Å²) in [6, 6.07) is 1.97. The van der Waals surface area contributed by atoms with Crippen LogP contribution in [0.25, 0.3) is 0 Å². The van der Waals surface area contributed by atoms with Crippen molar-refractivity contribution in [3.63, 3.8) is 0 Å². The lowest BCUT2D eigenvalue weighted by molar-refractivity contribution is -0.144. The van der Waals surface area contributed by atoms with Gasteiger partial charge in [0.25, 0.3) is 0 Å². The first-order chi connectivity index (χ1) is 7.39. The topological polar surface area (TPSA) is 70.0 Å². The molecule has 0 aromatic carbocycles. The van der Waals surface area contributed by atoms with E-state index in [-0.39, 0.29) is 0 Å². The molecule has 1 atom stereocenters. The number of carbonyl (C=O) groups excluding carboxylic acids is 2. The minimum Gasteiger partial charge on any atom is -0.293 e. The summed E-state index contributed by atoms with van der Waals surface area (Å²) >= 11 is 0. The second-order valence-corrected chi connectivity index (χ2v) is 4.94. The summed E-state index contributed by atoms with van der Waals surface area (Å²) in [6.45, 7) is 5.98. The third-order valence-corrected chi connectivity index (χ3v) is 3.44. The molecule has 0 bridgehead atoms. The van der Waals surface area contributed by atoms with Gasteiger partial charge in [0.1, 0.15) is 0 Å². The highest BCUT2D eigenvalue weighted by Gasteiger charge is 2.47. The van der Waals surface area contributed by atoms with Gasteiger partial charge in [0.05, 0.1) is 6.07 Å². The smallest absolute Gasteiger partial charge is 0.233 e. The van der Waals surface area contributed by atoms with Crippen molar-refractivity contribution in [1.82, 2.24) is 5.32 Å². The van der Waals surface area contributed by atoms with Gasteiger partial charge in [-0.2, -0.15) is 5.26 Å². The lowest BCUT2D eigenvalue weighted by Crippen LogP contribution is -2.52. The van der Waals surface area contributed by atoms with Gasteiger partial charge in [-0.05, 0) is 25.8 Å². The predicted molar refractivity (Wildman–Crippen MR) is 59.7 cm³/mol. The fraction of sp³-hybridized carbons (Fsp3) is 0.750. The quantitative estimate of drug-likeness (QED) is 0.726. The van der Waals surface area contributed by atoms with E-state index in [9.17, 15) is 9.59 Å². The molecule has 1 rings (SSSR count). The van der Waals surface area contributed by atoms with Crippen molar-refractivity contribution in [3.05, 3.63) is 0 Å². The van der Waals surface area contributed by atoms with E-state index in [0.717, 1.165) is 6.42 Å². The zero-order chi connectivity index (χ0) is 12.4. The first-order valence-electron chi connectivity index (χ1n) is 5.65. The lowest BCUT2D eigenvalue weighted by Gasteiger charge is -2.25. The molecular formula is C12H18N2O2. The van der Waals surface area contributed by atoms with Crippen molar-refractivity contribution in [3.8, 4) is 6.07 Å². The molecule has 0 aromatic rings. The monoisotopic (exact) mass is 222 g/mol. The van der Waals surface area contributed by atoms with Gasteiger partial charge in [0, 0.05) is 5.41 Å². The number of ketones is 2. The van der Waals surface area contributed by atoms with Gasteiger partial charge < -0.3 is 0 Å². The first-order valence-corrected chi connectivity index (χ1v) is 5.65. The van der Waals surface area contributed by atoms with Gasteiger partial charge in [0.15, 0.2) is 5.54 Å². The molecule has 1 aliphatic rings. The highest BCUT2D eigenvalue weighted by atomic mass is 16.2. The zero-order valence-electron chi connectivity index (χ0n) is 10.1. The Kier molecular flexibility index (Phi) is 3.49. The summed E-state index contributed by atoms with van der Waals surface area (Å²) in [7, 11) is 0. The van der Waals surface area contributed by atoms with Gasteiger partial charge >= 0.3 is 0 Å². The highest BCUT2D eigenvalue weighted by Crippen LogP contribution is 2.27. The van der Waals surface area contributed by atoms with Crippen molar-refractivity contribution in [2.75, 3.05) is 6.54 Å². The van der Waals surface area contributed by atoms with Crippen LogP contribution in [0.1, 0.15) is 40.0 Å². The highest BCUT2D eigenvalue weighted by molar-refractivity contribution is 6.43. The van der Waals surface area contributed by atoms with Crippen molar-refractivity contribution < 1.29 is 9.59 Å². The SMILES string of the molecule is CCC(C)(C)C(=O)C(=O)[C@@]1(C#N)CCCN1. The van der Waals surface area contributed by atoms with E-state index in [0.29, 0.717) is 19.4 Å². The number of rotatable bonds is 4. The Hall–Kier alpha value is -1.21. The van der Waals surface area contributed by atoms with E-state index in [4.69, 9.17) is 5.26 Å². The minimum atomic E-state index is -1.26. The maximum absolute atomic E-state index is 12.1. The summed E-state index contributed by atoms with van der Waals surface area (Å²) in [5.41, 5.74) is -1.94. The van der Waals surface area contributed by atoms with Gasteiger partial charge in [-0.25, -0.2) is 0 Å². The summed E-state index contributed by atoms with van der Waals surface area (Å²) < 4.78 is 0. The van der Waals surface area contributed by atoms with E-state index in [2.05, 4.69) is 5.32 Å². The number of hydrogen-bond donors (Lipinski definition) is 1. The van der Waals surface area contributed by atoms with Crippen molar-refractivity contribution in [2.24, 2.45) is 5.41 Å². The molecule has 0 spiro atoms. The molecule has 1 aliphatic heterocycles. The number of hydrogen-bond acceptors (Lipinski definition) is 4. The Morgan fingerprint density at radius 3 is 2.50 bits per heavy atom. The molecule has 0 unspecified atom stereocenters. The molecule has 4 nitrogen and oxygen atoms in total. The summed E-state index contributed by atoms with van der Waals surface area (Å²) in [6.07, 6.45) is 1.80. The molecule has 16 heavy (non-hydrogen) atoms. The van der Waals surface area contributed by atoms with Crippen LogP contribution in [-0.4, -0.2) is 23.7 Å². The van der Waals surface area contributed by atoms with Crippen LogP contribution < -0.4 is 5.32 Å². The number of Topliss-reactive ketones (excluding diaryl/α,β-unsaturated/α-hetero) is 2. The second kappa shape index (κ2) is 4.34. The van der Waals surface area contributed by atoms with Crippen LogP contribution in [0.15, 0.2) is 0 Å². The van der Waals surface area contributed by atoms with Gasteiger partial charge in [0.2, 0.25) is 11.6 Å². The van der Waals surface area contributed by atoms with Crippen LogP contribution in [0.2, 0.25) is 0 Å². The summed E-state index contributed by atoms with van der Waals surface area (Å²) in [4.78, 5) is 24.1. The first kappa shape index (κ1) is 12.9. The van der Waals surface area contributed by atoms with E-state index in [1.54, 1.807) is 13.8 Å². The summed E-state index contributed by atoms with van der Waals surface area (Å²) in [5.74, 6) is -1.01. The van der Waals surface area contributed by atoms with Gasteiger partial charge in [-0.15, -0.1) is 0 Å². The van der Waals surface area contributed by atoms with E-state index < -0.39 is 22.5 Å². The molecule has 1 heterocycles. The van der Waals surface area contributed by atoms with Crippen LogP contribution >= 0.6 is 0 Å². The second-order valence-electron chi connectivity index (χ2n) is 4.94. The largest absolute Gasteiger partial charge is 0.293 e. The standard InChI is InChI=1S/C12H18N2O2/c1-4-11(2,3)9(15)10(16)12(8-13)6-5-7-14-12/h14H,4-7H2,1-3H3/t12-/m0/s1. The molecule has 0 saturated carbocycles. The number of nitriles is 1.